The molecule has 1 atom stereocenters. The van der Waals surface area contributed by atoms with E-state index in [9.17, 15) is 5.11 Å². The molecule has 0 spiro atoms. The number of aliphatic hydroxyl groups excluding tert-OH is 1. The molecule has 90 valence electrons. The van der Waals surface area contributed by atoms with Gasteiger partial charge in [-0.25, -0.2) is 0 Å². The van der Waals surface area contributed by atoms with Crippen LogP contribution in [0.2, 0.25) is 0 Å². The van der Waals surface area contributed by atoms with Crippen LogP contribution in [0, 0.1) is 0 Å². The summed E-state index contributed by atoms with van der Waals surface area (Å²) in [6.07, 6.45) is -0.582. The molecule has 0 amide bonds. The molecule has 0 bridgehead atoms. The van der Waals surface area contributed by atoms with E-state index in [1.54, 1.807) is 19.5 Å². The fraction of sp³-hybridized carbons (Fsp3) is 0.273. The summed E-state index contributed by atoms with van der Waals surface area (Å²) in [5.74, 6) is 0.689. The smallest absolute Gasteiger partial charge is 0.178 e. The van der Waals surface area contributed by atoms with Gasteiger partial charge in [0.05, 0.1) is 13.2 Å². The lowest BCUT2D eigenvalue weighted by atomic mass is 10.1. The fourth-order valence-electron chi connectivity index (χ4n) is 1.50. The molecule has 6 heteroatoms. The van der Waals surface area contributed by atoms with Gasteiger partial charge in [0.25, 0.3) is 0 Å². The highest BCUT2D eigenvalue weighted by atomic mass is 32.2. The zero-order valence-corrected chi connectivity index (χ0v) is 11.1. The number of rotatable bonds is 4. The average molecular weight is 268 g/mol. The second-order valence-corrected chi connectivity index (χ2v) is 5.48. The molecule has 0 unspecified atom stereocenters. The van der Waals surface area contributed by atoms with Crippen molar-refractivity contribution >= 4 is 23.1 Å². The summed E-state index contributed by atoms with van der Waals surface area (Å²) in [6.45, 7) is 1.72. The van der Waals surface area contributed by atoms with Crippen molar-refractivity contribution in [2.24, 2.45) is 0 Å². The Bertz CT molecular complexity index is 486. The first kappa shape index (κ1) is 12.3. The SMILES string of the molecule is COc1cccc(Sc2nncs2)c1[C@@H](C)O. The average Bonchev–Trinajstić information content (AvgIpc) is 2.81. The van der Waals surface area contributed by atoms with Gasteiger partial charge in [0, 0.05) is 10.5 Å². The van der Waals surface area contributed by atoms with Crippen molar-refractivity contribution in [1.82, 2.24) is 10.2 Å². The molecule has 17 heavy (non-hydrogen) atoms. The topological polar surface area (TPSA) is 55.2 Å². The van der Waals surface area contributed by atoms with Gasteiger partial charge in [-0.15, -0.1) is 10.2 Å². The number of methoxy groups -OCH3 is 1. The molecule has 0 fully saturated rings. The van der Waals surface area contributed by atoms with Gasteiger partial charge < -0.3 is 9.84 Å². The van der Waals surface area contributed by atoms with Crippen molar-refractivity contribution in [3.63, 3.8) is 0 Å². The summed E-state index contributed by atoms with van der Waals surface area (Å²) in [5.41, 5.74) is 2.47. The van der Waals surface area contributed by atoms with Gasteiger partial charge in [0.15, 0.2) is 4.34 Å². The van der Waals surface area contributed by atoms with E-state index in [-0.39, 0.29) is 0 Å². The zero-order chi connectivity index (χ0) is 12.3. The lowest BCUT2D eigenvalue weighted by Crippen LogP contribution is -1.98. The minimum atomic E-state index is -0.582. The van der Waals surface area contributed by atoms with Crippen LogP contribution in [0.5, 0.6) is 5.75 Å². The third-order valence-corrected chi connectivity index (χ3v) is 4.05. The standard InChI is InChI=1S/C11H12N2O2S2/c1-7(14)10-8(15-2)4-3-5-9(10)17-11-13-12-6-16-11/h3-7,14H,1-2H3/t7-/m1/s1. The van der Waals surface area contributed by atoms with E-state index in [0.717, 1.165) is 14.8 Å². The Morgan fingerprint density at radius 2 is 2.29 bits per heavy atom. The Morgan fingerprint density at radius 3 is 2.88 bits per heavy atom. The highest BCUT2D eigenvalue weighted by molar-refractivity contribution is 8.01. The molecular weight excluding hydrogens is 256 g/mol. The Balaban J connectivity index is 2.39. The van der Waals surface area contributed by atoms with Gasteiger partial charge in [-0.2, -0.15) is 0 Å². The first-order valence-corrected chi connectivity index (χ1v) is 6.71. The molecule has 2 rings (SSSR count). The van der Waals surface area contributed by atoms with Gasteiger partial charge in [-0.1, -0.05) is 29.2 Å². The van der Waals surface area contributed by atoms with Gasteiger partial charge in [-0.05, 0) is 19.1 Å². The molecule has 1 heterocycles. The van der Waals surface area contributed by atoms with E-state index in [0.29, 0.717) is 5.75 Å². The van der Waals surface area contributed by atoms with E-state index in [1.165, 1.54) is 23.1 Å². The number of hydrogen-bond acceptors (Lipinski definition) is 6. The molecule has 0 saturated carbocycles. The highest BCUT2D eigenvalue weighted by Crippen LogP contribution is 2.38. The lowest BCUT2D eigenvalue weighted by Gasteiger charge is -2.14. The molecule has 2 aromatic rings. The number of hydrogen-bond donors (Lipinski definition) is 1. The maximum Gasteiger partial charge on any atom is 0.178 e. The number of ether oxygens (including phenoxy) is 1. The van der Waals surface area contributed by atoms with Crippen LogP contribution < -0.4 is 4.74 Å². The van der Waals surface area contributed by atoms with E-state index in [1.807, 2.05) is 18.2 Å². The van der Waals surface area contributed by atoms with Crippen molar-refractivity contribution in [2.45, 2.75) is 22.3 Å². The Hall–Kier alpha value is -1.11. The summed E-state index contributed by atoms with van der Waals surface area (Å²) in [7, 11) is 1.60. The van der Waals surface area contributed by atoms with Crippen LogP contribution in [0.1, 0.15) is 18.6 Å². The quantitative estimate of drug-likeness (QED) is 0.924. The van der Waals surface area contributed by atoms with Crippen molar-refractivity contribution in [3.8, 4) is 5.75 Å². The van der Waals surface area contributed by atoms with Crippen LogP contribution in [-0.2, 0) is 0 Å². The van der Waals surface area contributed by atoms with E-state index < -0.39 is 6.10 Å². The molecule has 0 radical (unpaired) electrons. The van der Waals surface area contributed by atoms with Crippen LogP contribution in [0.15, 0.2) is 32.9 Å². The number of aromatic nitrogens is 2. The van der Waals surface area contributed by atoms with Crippen LogP contribution in [-0.4, -0.2) is 22.4 Å². The first-order valence-electron chi connectivity index (χ1n) is 5.01. The second kappa shape index (κ2) is 5.48. The van der Waals surface area contributed by atoms with Crippen LogP contribution in [0.25, 0.3) is 0 Å². The van der Waals surface area contributed by atoms with E-state index >= 15 is 0 Å². The molecule has 1 aromatic carbocycles. The van der Waals surface area contributed by atoms with Gasteiger partial charge in [0.2, 0.25) is 0 Å². The molecule has 0 aliphatic rings. The number of nitrogens with zero attached hydrogens (tertiary/aromatic N) is 2. The molecule has 0 saturated heterocycles. The molecule has 4 nitrogen and oxygen atoms in total. The molecule has 0 aliphatic carbocycles. The predicted molar refractivity (Wildman–Crippen MR) is 67.7 cm³/mol. The summed E-state index contributed by atoms with van der Waals surface area (Å²) >= 11 is 2.95. The lowest BCUT2D eigenvalue weighted by molar-refractivity contribution is 0.191. The van der Waals surface area contributed by atoms with Crippen LogP contribution in [0.4, 0.5) is 0 Å². The monoisotopic (exact) mass is 268 g/mol. The normalized spacial score (nSPS) is 12.4. The number of aliphatic hydroxyl groups is 1. The third-order valence-electron chi connectivity index (χ3n) is 2.20. The van der Waals surface area contributed by atoms with Crippen molar-refractivity contribution in [3.05, 3.63) is 29.3 Å². The Kier molecular flexibility index (Phi) is 3.98. The summed E-state index contributed by atoms with van der Waals surface area (Å²) in [4.78, 5) is 0.941. The molecule has 0 aliphatic heterocycles. The predicted octanol–water partition coefficient (Wildman–Crippen LogP) is 2.75. The number of benzene rings is 1. The summed E-state index contributed by atoms with van der Waals surface area (Å²) in [6, 6.07) is 5.68. The largest absolute Gasteiger partial charge is 0.496 e. The second-order valence-electron chi connectivity index (χ2n) is 3.35. The Morgan fingerprint density at radius 1 is 1.47 bits per heavy atom. The van der Waals surface area contributed by atoms with Crippen molar-refractivity contribution in [2.75, 3.05) is 7.11 Å². The van der Waals surface area contributed by atoms with Crippen molar-refractivity contribution in [1.29, 1.82) is 0 Å². The third kappa shape index (κ3) is 2.77. The summed E-state index contributed by atoms with van der Waals surface area (Å²) < 4.78 is 6.11. The fourth-order valence-corrected chi connectivity index (χ4v) is 3.18. The zero-order valence-electron chi connectivity index (χ0n) is 9.45. The van der Waals surface area contributed by atoms with Gasteiger partial charge >= 0.3 is 0 Å². The van der Waals surface area contributed by atoms with Gasteiger partial charge in [-0.3, -0.25) is 0 Å². The molecule has 1 aromatic heterocycles. The molecular formula is C11H12N2O2S2. The minimum Gasteiger partial charge on any atom is -0.496 e. The minimum absolute atomic E-state index is 0.582. The van der Waals surface area contributed by atoms with Crippen LogP contribution in [0.3, 0.4) is 0 Å². The van der Waals surface area contributed by atoms with Crippen molar-refractivity contribution < 1.29 is 9.84 Å². The maximum absolute atomic E-state index is 9.82. The van der Waals surface area contributed by atoms with E-state index in [4.69, 9.17) is 4.74 Å². The molecule has 1 N–H and O–H groups in total. The van der Waals surface area contributed by atoms with Crippen LogP contribution >= 0.6 is 23.1 Å². The van der Waals surface area contributed by atoms with Gasteiger partial charge in [0.1, 0.15) is 11.3 Å². The maximum atomic E-state index is 9.82. The van der Waals surface area contributed by atoms with E-state index in [2.05, 4.69) is 10.2 Å². The summed E-state index contributed by atoms with van der Waals surface area (Å²) in [5, 5.41) is 17.6. The Labute approximate surface area is 108 Å². The first-order chi connectivity index (χ1) is 8.22. The highest BCUT2D eigenvalue weighted by Gasteiger charge is 2.15.